The molecule has 1 aromatic carbocycles. The predicted octanol–water partition coefficient (Wildman–Crippen LogP) is 1.79. The summed E-state index contributed by atoms with van der Waals surface area (Å²) < 4.78 is 0. The van der Waals surface area contributed by atoms with Crippen molar-refractivity contribution in [3.8, 4) is 0 Å². The van der Waals surface area contributed by atoms with Crippen molar-refractivity contribution in [1.82, 2.24) is 15.1 Å². The van der Waals surface area contributed by atoms with Gasteiger partial charge >= 0.3 is 0 Å². The van der Waals surface area contributed by atoms with Crippen LogP contribution in [-0.2, 0) is 13.1 Å². The second-order valence-electron chi connectivity index (χ2n) is 4.07. The first-order valence-corrected chi connectivity index (χ1v) is 5.83. The lowest BCUT2D eigenvalue weighted by atomic mass is 10.2. The molecule has 0 spiro atoms. The molecule has 0 aliphatic carbocycles. The van der Waals surface area contributed by atoms with Crippen LogP contribution in [0.4, 0.5) is 0 Å². The predicted molar refractivity (Wildman–Crippen MR) is 75.4 cm³/mol. The van der Waals surface area contributed by atoms with Crippen molar-refractivity contribution in [2.75, 3.05) is 13.1 Å². The minimum absolute atomic E-state index is 0. The third kappa shape index (κ3) is 4.49. The molecule has 0 radical (unpaired) electrons. The second kappa shape index (κ2) is 7.87. The van der Waals surface area contributed by atoms with Crippen molar-refractivity contribution in [1.29, 1.82) is 0 Å². The Bertz CT molecular complexity index is 416. The van der Waals surface area contributed by atoms with E-state index in [2.05, 4.69) is 39.4 Å². The summed E-state index contributed by atoms with van der Waals surface area (Å²) in [6, 6.07) is 12.4. The van der Waals surface area contributed by atoms with Gasteiger partial charge in [0.1, 0.15) is 0 Å². The minimum atomic E-state index is 0. The molecule has 0 fully saturated rings. The summed E-state index contributed by atoms with van der Waals surface area (Å²) in [5, 5.41) is 6.94. The van der Waals surface area contributed by atoms with Crippen LogP contribution in [-0.4, -0.2) is 28.2 Å². The van der Waals surface area contributed by atoms with Crippen LogP contribution in [0.5, 0.6) is 0 Å². The highest BCUT2D eigenvalue weighted by molar-refractivity contribution is 5.85. The molecule has 1 heterocycles. The Balaban J connectivity index is 0.00000162. The van der Waals surface area contributed by atoms with Crippen LogP contribution >= 0.6 is 12.4 Å². The van der Waals surface area contributed by atoms with Crippen LogP contribution < -0.4 is 5.73 Å². The average Bonchev–Trinajstić information content (AvgIpc) is 2.83. The molecule has 98 valence electrons. The number of nitrogens with zero attached hydrogens (tertiary/aromatic N) is 2. The maximum absolute atomic E-state index is 5.64. The molecule has 2 rings (SSSR count). The molecule has 0 saturated heterocycles. The number of hydrogen-bond acceptors (Lipinski definition) is 3. The molecule has 5 heteroatoms. The van der Waals surface area contributed by atoms with Crippen molar-refractivity contribution >= 4 is 12.4 Å². The van der Waals surface area contributed by atoms with E-state index in [1.54, 1.807) is 6.20 Å². The Morgan fingerprint density at radius 3 is 2.50 bits per heavy atom. The number of halogens is 1. The second-order valence-corrected chi connectivity index (χ2v) is 4.07. The summed E-state index contributed by atoms with van der Waals surface area (Å²) in [5.41, 5.74) is 8.07. The van der Waals surface area contributed by atoms with Gasteiger partial charge < -0.3 is 5.73 Å². The van der Waals surface area contributed by atoms with Crippen LogP contribution in [0, 0.1) is 0 Å². The SMILES string of the molecule is Cl.NCCN(Cc1ccccc1)Cc1ccn[nH]1. The van der Waals surface area contributed by atoms with Crippen LogP contribution in [0.15, 0.2) is 42.6 Å². The normalized spacial score (nSPS) is 10.3. The maximum atomic E-state index is 5.64. The summed E-state index contributed by atoms with van der Waals surface area (Å²) in [7, 11) is 0. The fourth-order valence-electron chi connectivity index (χ4n) is 1.85. The lowest BCUT2D eigenvalue weighted by molar-refractivity contribution is 0.261. The van der Waals surface area contributed by atoms with E-state index in [1.165, 1.54) is 5.56 Å². The van der Waals surface area contributed by atoms with Crippen LogP contribution in [0.25, 0.3) is 0 Å². The quantitative estimate of drug-likeness (QED) is 0.838. The van der Waals surface area contributed by atoms with Crippen molar-refractivity contribution in [2.24, 2.45) is 5.73 Å². The summed E-state index contributed by atoms with van der Waals surface area (Å²) in [5.74, 6) is 0. The van der Waals surface area contributed by atoms with Crippen LogP contribution in [0.2, 0.25) is 0 Å². The number of aromatic nitrogens is 2. The first-order chi connectivity index (χ1) is 8.38. The topological polar surface area (TPSA) is 57.9 Å². The molecule has 0 atom stereocenters. The van der Waals surface area contributed by atoms with E-state index in [0.29, 0.717) is 6.54 Å². The van der Waals surface area contributed by atoms with Gasteiger partial charge in [-0.3, -0.25) is 10.00 Å². The number of aromatic amines is 1. The first-order valence-electron chi connectivity index (χ1n) is 5.83. The molecule has 2 aromatic rings. The van der Waals surface area contributed by atoms with Gasteiger partial charge in [0.2, 0.25) is 0 Å². The van der Waals surface area contributed by atoms with Gasteiger partial charge in [-0.25, -0.2) is 0 Å². The average molecular weight is 267 g/mol. The molecule has 0 unspecified atom stereocenters. The van der Waals surface area contributed by atoms with Gasteiger partial charge in [0, 0.05) is 38.1 Å². The van der Waals surface area contributed by atoms with Gasteiger partial charge in [-0.1, -0.05) is 30.3 Å². The van der Waals surface area contributed by atoms with E-state index in [9.17, 15) is 0 Å². The summed E-state index contributed by atoms with van der Waals surface area (Å²) >= 11 is 0. The zero-order chi connectivity index (χ0) is 11.9. The van der Waals surface area contributed by atoms with Crippen molar-refractivity contribution in [3.05, 3.63) is 53.9 Å². The first kappa shape index (κ1) is 14.7. The zero-order valence-corrected chi connectivity index (χ0v) is 11.1. The van der Waals surface area contributed by atoms with Gasteiger partial charge in [-0.15, -0.1) is 12.4 Å². The highest BCUT2D eigenvalue weighted by Crippen LogP contribution is 2.07. The molecule has 0 aliphatic heterocycles. The van der Waals surface area contributed by atoms with Crippen molar-refractivity contribution < 1.29 is 0 Å². The van der Waals surface area contributed by atoms with E-state index in [-0.39, 0.29) is 12.4 Å². The van der Waals surface area contributed by atoms with E-state index < -0.39 is 0 Å². The van der Waals surface area contributed by atoms with Gasteiger partial charge in [0.15, 0.2) is 0 Å². The highest BCUT2D eigenvalue weighted by Gasteiger charge is 2.06. The summed E-state index contributed by atoms with van der Waals surface area (Å²) in [4.78, 5) is 2.31. The van der Waals surface area contributed by atoms with Crippen molar-refractivity contribution in [3.63, 3.8) is 0 Å². The number of benzene rings is 1. The smallest absolute Gasteiger partial charge is 0.0492 e. The monoisotopic (exact) mass is 266 g/mol. The Morgan fingerprint density at radius 1 is 1.11 bits per heavy atom. The molecule has 0 aliphatic rings. The number of nitrogens with one attached hydrogen (secondary N) is 1. The zero-order valence-electron chi connectivity index (χ0n) is 10.2. The fourth-order valence-corrected chi connectivity index (χ4v) is 1.85. The molecule has 0 amide bonds. The Hall–Kier alpha value is -1.36. The minimum Gasteiger partial charge on any atom is -0.329 e. The van der Waals surface area contributed by atoms with E-state index >= 15 is 0 Å². The Labute approximate surface area is 114 Å². The summed E-state index contributed by atoms with van der Waals surface area (Å²) in [6.07, 6.45) is 1.78. The number of H-pyrrole nitrogens is 1. The van der Waals surface area contributed by atoms with Gasteiger partial charge in [-0.05, 0) is 11.6 Å². The summed E-state index contributed by atoms with van der Waals surface area (Å²) in [6.45, 7) is 3.32. The Morgan fingerprint density at radius 2 is 1.89 bits per heavy atom. The highest BCUT2D eigenvalue weighted by atomic mass is 35.5. The van der Waals surface area contributed by atoms with Crippen molar-refractivity contribution in [2.45, 2.75) is 13.1 Å². The fraction of sp³-hybridized carbons (Fsp3) is 0.308. The molecule has 3 N–H and O–H groups in total. The number of rotatable bonds is 6. The molecular weight excluding hydrogens is 248 g/mol. The van der Waals surface area contributed by atoms with E-state index in [4.69, 9.17) is 5.73 Å². The van der Waals surface area contributed by atoms with Gasteiger partial charge in [-0.2, -0.15) is 5.10 Å². The molecule has 1 aromatic heterocycles. The maximum Gasteiger partial charge on any atom is 0.0492 e. The third-order valence-electron chi connectivity index (χ3n) is 2.65. The third-order valence-corrected chi connectivity index (χ3v) is 2.65. The van der Waals surface area contributed by atoms with Crippen LogP contribution in [0.3, 0.4) is 0 Å². The number of nitrogens with two attached hydrogens (primary N) is 1. The standard InChI is InChI=1S/C13H18N4.ClH/c14-7-9-17(11-13-6-8-15-16-13)10-12-4-2-1-3-5-12;/h1-6,8H,7,9-11,14H2,(H,15,16);1H. The van der Waals surface area contributed by atoms with Crippen LogP contribution in [0.1, 0.15) is 11.3 Å². The Kier molecular flexibility index (Phi) is 6.43. The number of hydrogen-bond donors (Lipinski definition) is 2. The molecule has 0 saturated carbocycles. The molecule has 18 heavy (non-hydrogen) atoms. The van der Waals surface area contributed by atoms with E-state index in [0.717, 1.165) is 25.3 Å². The molecule has 4 nitrogen and oxygen atoms in total. The van der Waals surface area contributed by atoms with Gasteiger partial charge in [0.25, 0.3) is 0 Å². The van der Waals surface area contributed by atoms with E-state index in [1.807, 2.05) is 12.1 Å². The molecular formula is C13H19ClN4. The van der Waals surface area contributed by atoms with Gasteiger partial charge in [0.05, 0.1) is 0 Å². The largest absolute Gasteiger partial charge is 0.329 e. The lowest BCUT2D eigenvalue weighted by Gasteiger charge is -2.20. The molecule has 0 bridgehead atoms. The lowest BCUT2D eigenvalue weighted by Crippen LogP contribution is -2.28.